The Balaban J connectivity index is 1.65. The van der Waals surface area contributed by atoms with Crippen LogP contribution in [0.1, 0.15) is 37.3 Å². The Labute approximate surface area is 185 Å². The zero-order valence-electron chi connectivity index (χ0n) is 17.5. The second-order valence-electron chi connectivity index (χ2n) is 7.85. The van der Waals surface area contributed by atoms with Crippen LogP contribution in [0.5, 0.6) is 0 Å². The lowest BCUT2D eigenvalue weighted by Gasteiger charge is -2.28. The van der Waals surface area contributed by atoms with Gasteiger partial charge in [0, 0.05) is 24.2 Å². The fourth-order valence-electron chi connectivity index (χ4n) is 3.92. The molecule has 1 saturated heterocycles. The van der Waals surface area contributed by atoms with Gasteiger partial charge < -0.3 is 4.90 Å². The molecule has 0 radical (unpaired) electrons. The van der Waals surface area contributed by atoms with Crippen LogP contribution in [0.2, 0.25) is 5.02 Å². The van der Waals surface area contributed by atoms with Gasteiger partial charge >= 0.3 is 0 Å². The maximum atomic E-state index is 13.0. The molecular weight excluding hydrogens is 416 g/mol. The number of nitrogens with zero attached hydrogens (tertiary/aromatic N) is 4. The summed E-state index contributed by atoms with van der Waals surface area (Å²) in [4.78, 5) is 26.4. The van der Waals surface area contributed by atoms with Crippen molar-refractivity contribution in [2.75, 3.05) is 23.0 Å². The van der Waals surface area contributed by atoms with Crippen molar-refractivity contribution in [3.05, 3.63) is 68.2 Å². The van der Waals surface area contributed by atoms with E-state index in [1.807, 2.05) is 19.1 Å². The summed E-state index contributed by atoms with van der Waals surface area (Å²) in [5, 5.41) is 18.0. The number of anilines is 2. The maximum Gasteiger partial charge on any atom is 0.293 e. The first-order valence-corrected chi connectivity index (χ1v) is 10.6. The van der Waals surface area contributed by atoms with E-state index in [1.54, 1.807) is 31.2 Å². The molecule has 2 aliphatic heterocycles. The Bertz CT molecular complexity index is 1120. The SMILES string of the molecule is CC1=NN(c2ccc(C)c(Cl)c2)C(=O)C1=Cc1ccc(N2CCCCC2)c([N+](=O)[O-])c1. The first kappa shape index (κ1) is 21.1. The number of carbonyl (C=O) groups is 1. The van der Waals surface area contributed by atoms with Crippen molar-refractivity contribution in [1.82, 2.24) is 0 Å². The van der Waals surface area contributed by atoms with Gasteiger partial charge in [0.1, 0.15) is 5.69 Å². The number of hydrazone groups is 1. The quantitative estimate of drug-likeness (QED) is 0.366. The molecule has 1 amide bonds. The summed E-state index contributed by atoms with van der Waals surface area (Å²) in [5.74, 6) is -0.292. The van der Waals surface area contributed by atoms with E-state index in [2.05, 4.69) is 10.0 Å². The summed E-state index contributed by atoms with van der Waals surface area (Å²) in [5.41, 5.74) is 3.71. The van der Waals surface area contributed by atoms with E-state index in [-0.39, 0.29) is 16.5 Å². The fraction of sp³-hybridized carbons (Fsp3) is 0.304. The lowest BCUT2D eigenvalue weighted by Crippen LogP contribution is -2.29. The highest BCUT2D eigenvalue weighted by molar-refractivity contribution is 6.33. The van der Waals surface area contributed by atoms with Gasteiger partial charge in [0.15, 0.2) is 0 Å². The standard InChI is InChI=1S/C23H23ClN4O3/c1-15-6-8-18(14-20(15)24)27-23(29)19(16(2)25-27)12-17-7-9-21(22(13-17)28(30)31)26-10-4-3-5-11-26/h6-9,12-14H,3-5,10-11H2,1-2H3. The highest BCUT2D eigenvalue weighted by atomic mass is 35.5. The molecule has 2 aliphatic rings. The third-order valence-corrected chi connectivity index (χ3v) is 6.07. The predicted octanol–water partition coefficient (Wildman–Crippen LogP) is 5.35. The molecule has 0 atom stereocenters. The first-order chi connectivity index (χ1) is 14.8. The van der Waals surface area contributed by atoms with Crippen molar-refractivity contribution in [2.24, 2.45) is 5.10 Å². The summed E-state index contributed by atoms with van der Waals surface area (Å²) in [6, 6.07) is 10.4. The lowest BCUT2D eigenvalue weighted by molar-refractivity contribution is -0.384. The Morgan fingerprint density at radius 1 is 1.10 bits per heavy atom. The number of halogens is 1. The molecule has 0 spiro atoms. The molecule has 8 heteroatoms. The van der Waals surface area contributed by atoms with Crippen molar-refractivity contribution in [3.63, 3.8) is 0 Å². The number of piperidine rings is 1. The Kier molecular flexibility index (Phi) is 5.78. The Morgan fingerprint density at radius 2 is 1.84 bits per heavy atom. The van der Waals surface area contributed by atoms with Crippen molar-refractivity contribution >= 4 is 46.4 Å². The van der Waals surface area contributed by atoms with Crippen LogP contribution in [0.15, 0.2) is 47.1 Å². The third-order valence-electron chi connectivity index (χ3n) is 5.67. The summed E-state index contributed by atoms with van der Waals surface area (Å²) in [7, 11) is 0. The van der Waals surface area contributed by atoms with Crippen LogP contribution in [-0.2, 0) is 4.79 Å². The van der Waals surface area contributed by atoms with Gasteiger partial charge in [-0.2, -0.15) is 10.1 Å². The molecule has 4 rings (SSSR count). The van der Waals surface area contributed by atoms with Crippen LogP contribution in [0, 0.1) is 17.0 Å². The molecule has 0 aromatic heterocycles. The summed E-state index contributed by atoms with van der Waals surface area (Å²) in [6.45, 7) is 5.27. The number of rotatable bonds is 4. The molecular formula is C23H23ClN4O3. The number of benzene rings is 2. The fourth-order valence-corrected chi connectivity index (χ4v) is 4.09. The molecule has 0 unspecified atom stereocenters. The maximum absolute atomic E-state index is 13.0. The smallest absolute Gasteiger partial charge is 0.293 e. The van der Waals surface area contributed by atoms with Gasteiger partial charge in [-0.15, -0.1) is 0 Å². The van der Waals surface area contributed by atoms with Gasteiger partial charge in [-0.3, -0.25) is 14.9 Å². The highest BCUT2D eigenvalue weighted by Crippen LogP contribution is 2.33. The minimum absolute atomic E-state index is 0.0541. The summed E-state index contributed by atoms with van der Waals surface area (Å²) in [6.07, 6.45) is 4.87. The number of amides is 1. The largest absolute Gasteiger partial charge is 0.366 e. The normalized spacial score (nSPS) is 18.0. The lowest BCUT2D eigenvalue weighted by atomic mass is 10.0. The Hall–Kier alpha value is -3.19. The van der Waals surface area contributed by atoms with Crippen LogP contribution >= 0.6 is 11.6 Å². The van der Waals surface area contributed by atoms with Gasteiger partial charge in [0.2, 0.25) is 0 Å². The highest BCUT2D eigenvalue weighted by Gasteiger charge is 2.29. The van der Waals surface area contributed by atoms with Gasteiger partial charge in [-0.05, 0) is 68.5 Å². The summed E-state index contributed by atoms with van der Waals surface area (Å²) >= 11 is 6.20. The minimum Gasteiger partial charge on any atom is -0.366 e. The van der Waals surface area contributed by atoms with E-state index >= 15 is 0 Å². The number of hydrogen-bond donors (Lipinski definition) is 0. The van der Waals surface area contributed by atoms with Crippen molar-refractivity contribution in [3.8, 4) is 0 Å². The van der Waals surface area contributed by atoms with Crippen LogP contribution < -0.4 is 9.91 Å². The number of carbonyl (C=O) groups excluding carboxylic acids is 1. The molecule has 7 nitrogen and oxygen atoms in total. The van der Waals surface area contributed by atoms with Crippen molar-refractivity contribution in [1.29, 1.82) is 0 Å². The number of aryl methyl sites for hydroxylation is 1. The van der Waals surface area contributed by atoms with Gasteiger partial charge in [-0.1, -0.05) is 23.7 Å². The predicted molar refractivity (Wildman–Crippen MR) is 124 cm³/mol. The molecule has 0 bridgehead atoms. The van der Waals surface area contributed by atoms with E-state index in [4.69, 9.17) is 11.6 Å². The van der Waals surface area contributed by atoms with E-state index in [1.165, 1.54) is 11.1 Å². The van der Waals surface area contributed by atoms with Crippen molar-refractivity contribution < 1.29 is 9.72 Å². The zero-order valence-corrected chi connectivity index (χ0v) is 18.2. The van der Waals surface area contributed by atoms with Crippen LogP contribution in [-0.4, -0.2) is 29.6 Å². The molecule has 160 valence electrons. The number of nitro benzene ring substituents is 1. The minimum atomic E-state index is -0.357. The monoisotopic (exact) mass is 438 g/mol. The average molecular weight is 439 g/mol. The molecule has 2 aromatic rings. The molecule has 0 aliphatic carbocycles. The van der Waals surface area contributed by atoms with E-state index < -0.39 is 0 Å². The first-order valence-electron chi connectivity index (χ1n) is 10.3. The van der Waals surface area contributed by atoms with Crippen molar-refractivity contribution in [2.45, 2.75) is 33.1 Å². The topological polar surface area (TPSA) is 79.0 Å². The Morgan fingerprint density at radius 3 is 2.52 bits per heavy atom. The van der Waals surface area contributed by atoms with Gasteiger partial charge in [0.05, 0.1) is 21.9 Å². The molecule has 0 saturated carbocycles. The molecule has 31 heavy (non-hydrogen) atoms. The molecule has 2 aromatic carbocycles. The second kappa shape index (κ2) is 8.51. The number of hydrogen-bond acceptors (Lipinski definition) is 5. The van der Waals surface area contributed by atoms with Crippen LogP contribution in [0.4, 0.5) is 17.1 Å². The van der Waals surface area contributed by atoms with E-state index in [0.29, 0.717) is 33.2 Å². The van der Waals surface area contributed by atoms with Crippen LogP contribution in [0.3, 0.4) is 0 Å². The zero-order chi connectivity index (χ0) is 22.1. The molecule has 2 heterocycles. The third kappa shape index (κ3) is 4.18. The second-order valence-corrected chi connectivity index (χ2v) is 8.25. The van der Waals surface area contributed by atoms with E-state index in [9.17, 15) is 14.9 Å². The molecule has 0 N–H and O–H groups in total. The number of nitro groups is 1. The van der Waals surface area contributed by atoms with Crippen LogP contribution in [0.25, 0.3) is 6.08 Å². The average Bonchev–Trinajstić information content (AvgIpc) is 3.04. The summed E-state index contributed by atoms with van der Waals surface area (Å²) < 4.78 is 0. The van der Waals surface area contributed by atoms with E-state index in [0.717, 1.165) is 37.9 Å². The van der Waals surface area contributed by atoms with Gasteiger partial charge in [0.25, 0.3) is 11.6 Å². The molecule has 1 fully saturated rings. The van der Waals surface area contributed by atoms with Gasteiger partial charge in [-0.25, -0.2) is 0 Å².